The zero-order valence-electron chi connectivity index (χ0n) is 19.3. The van der Waals surface area contributed by atoms with E-state index in [9.17, 15) is 18.0 Å². The molecule has 0 radical (unpaired) electrons. The zero-order valence-corrected chi connectivity index (χ0v) is 20.1. The number of sulfonamides is 1. The van der Waals surface area contributed by atoms with Crippen molar-refractivity contribution in [3.63, 3.8) is 0 Å². The number of esters is 2. The Morgan fingerprint density at radius 2 is 1.61 bits per heavy atom. The number of nitrogens with zero attached hydrogens (tertiary/aromatic N) is 1. The van der Waals surface area contributed by atoms with Gasteiger partial charge in [0.2, 0.25) is 10.0 Å². The molecular formula is C25H31NO6S. The van der Waals surface area contributed by atoms with E-state index in [1.54, 1.807) is 26.0 Å². The first kappa shape index (κ1) is 24.9. The summed E-state index contributed by atoms with van der Waals surface area (Å²) < 4.78 is 38.9. The van der Waals surface area contributed by atoms with Crippen molar-refractivity contribution in [2.75, 3.05) is 19.8 Å². The molecule has 0 saturated carbocycles. The van der Waals surface area contributed by atoms with Crippen LogP contribution in [0, 0.1) is 18.8 Å². The van der Waals surface area contributed by atoms with E-state index in [2.05, 4.69) is 0 Å². The summed E-state index contributed by atoms with van der Waals surface area (Å²) in [6.45, 7) is 5.70. The second-order valence-corrected chi connectivity index (χ2v) is 10.1. The van der Waals surface area contributed by atoms with Crippen LogP contribution in [0.3, 0.4) is 0 Å². The van der Waals surface area contributed by atoms with Gasteiger partial charge in [0, 0.05) is 12.5 Å². The topological polar surface area (TPSA) is 90.0 Å². The van der Waals surface area contributed by atoms with Crippen LogP contribution in [0.15, 0.2) is 59.5 Å². The summed E-state index contributed by atoms with van der Waals surface area (Å²) in [6.07, 6.45) is 0.468. The average molecular weight is 474 g/mol. The first-order chi connectivity index (χ1) is 15.8. The van der Waals surface area contributed by atoms with Crippen molar-refractivity contribution in [3.05, 3.63) is 65.7 Å². The van der Waals surface area contributed by atoms with Gasteiger partial charge in [-0.25, -0.2) is 8.42 Å². The van der Waals surface area contributed by atoms with Gasteiger partial charge >= 0.3 is 11.9 Å². The average Bonchev–Trinajstić information content (AvgIpc) is 3.13. The second kappa shape index (κ2) is 10.9. The molecule has 178 valence electrons. The van der Waals surface area contributed by atoms with Crippen LogP contribution in [0.1, 0.15) is 31.4 Å². The number of rotatable bonds is 9. The second-order valence-electron chi connectivity index (χ2n) is 8.21. The van der Waals surface area contributed by atoms with Gasteiger partial charge in [-0.05, 0) is 50.8 Å². The molecule has 8 heteroatoms. The van der Waals surface area contributed by atoms with E-state index >= 15 is 0 Å². The molecule has 1 fully saturated rings. The van der Waals surface area contributed by atoms with Crippen molar-refractivity contribution >= 4 is 22.0 Å². The lowest BCUT2D eigenvalue weighted by molar-refractivity contribution is -0.150. The highest BCUT2D eigenvalue weighted by atomic mass is 32.2. The number of benzene rings is 2. The molecule has 0 aromatic heterocycles. The summed E-state index contributed by atoms with van der Waals surface area (Å²) in [5.41, 5.74) is 1.94. The maximum Gasteiger partial charge on any atom is 0.324 e. The summed E-state index contributed by atoms with van der Waals surface area (Å²) in [5.74, 6) is -1.92. The van der Waals surface area contributed by atoms with Gasteiger partial charge in [-0.2, -0.15) is 4.31 Å². The van der Waals surface area contributed by atoms with E-state index in [0.717, 1.165) is 11.1 Å². The van der Waals surface area contributed by atoms with Gasteiger partial charge in [0.15, 0.2) is 0 Å². The van der Waals surface area contributed by atoms with Crippen LogP contribution in [0.25, 0.3) is 0 Å². The lowest BCUT2D eigenvalue weighted by Gasteiger charge is -2.26. The maximum atomic E-state index is 13.6. The lowest BCUT2D eigenvalue weighted by Crippen LogP contribution is -2.44. The molecule has 1 saturated heterocycles. The zero-order chi connectivity index (χ0) is 24.0. The SMILES string of the molecule is CCOC(=O)C[C@@H]1[C@@H](Cc2ccccc2)CN(S(=O)(=O)c2ccc(C)cc2)[C@@H]1C(=O)OCC. The van der Waals surface area contributed by atoms with E-state index in [1.807, 2.05) is 37.3 Å². The van der Waals surface area contributed by atoms with Crippen LogP contribution in [-0.2, 0) is 35.5 Å². The van der Waals surface area contributed by atoms with Crippen molar-refractivity contribution in [2.24, 2.45) is 11.8 Å². The van der Waals surface area contributed by atoms with E-state index in [0.29, 0.717) is 6.42 Å². The van der Waals surface area contributed by atoms with Gasteiger partial charge in [-0.3, -0.25) is 9.59 Å². The third-order valence-electron chi connectivity index (χ3n) is 5.94. The largest absolute Gasteiger partial charge is 0.466 e. The highest BCUT2D eigenvalue weighted by Gasteiger charge is 2.52. The first-order valence-electron chi connectivity index (χ1n) is 11.2. The number of aryl methyl sites for hydroxylation is 1. The Labute approximate surface area is 195 Å². The van der Waals surface area contributed by atoms with Crippen LogP contribution < -0.4 is 0 Å². The van der Waals surface area contributed by atoms with Crippen LogP contribution in [0.2, 0.25) is 0 Å². The molecule has 33 heavy (non-hydrogen) atoms. The fourth-order valence-corrected chi connectivity index (χ4v) is 6.07. The van der Waals surface area contributed by atoms with Crippen molar-refractivity contribution < 1.29 is 27.5 Å². The molecule has 2 aromatic rings. The van der Waals surface area contributed by atoms with Crippen molar-refractivity contribution in [2.45, 2.75) is 44.6 Å². The summed E-state index contributed by atoms with van der Waals surface area (Å²) in [7, 11) is -3.99. The van der Waals surface area contributed by atoms with E-state index < -0.39 is 33.9 Å². The third-order valence-corrected chi connectivity index (χ3v) is 7.80. The maximum absolute atomic E-state index is 13.6. The highest BCUT2D eigenvalue weighted by Crippen LogP contribution is 2.39. The molecule has 0 spiro atoms. The number of hydrogen-bond acceptors (Lipinski definition) is 6. The molecule has 1 heterocycles. The summed E-state index contributed by atoms with van der Waals surface area (Å²) in [4.78, 5) is 25.6. The Morgan fingerprint density at radius 3 is 2.21 bits per heavy atom. The van der Waals surface area contributed by atoms with E-state index in [4.69, 9.17) is 9.47 Å². The van der Waals surface area contributed by atoms with Gasteiger partial charge in [-0.1, -0.05) is 48.0 Å². The molecule has 0 N–H and O–H groups in total. The molecule has 0 aliphatic carbocycles. The predicted molar refractivity (Wildman–Crippen MR) is 124 cm³/mol. The number of carbonyl (C=O) groups excluding carboxylic acids is 2. The molecule has 0 unspecified atom stereocenters. The molecule has 2 aromatic carbocycles. The third kappa shape index (κ3) is 5.81. The van der Waals surface area contributed by atoms with Crippen molar-refractivity contribution in [1.29, 1.82) is 0 Å². The Bertz CT molecular complexity index is 1050. The van der Waals surface area contributed by atoms with Gasteiger partial charge in [0.05, 0.1) is 24.5 Å². The lowest BCUT2D eigenvalue weighted by atomic mass is 9.83. The highest BCUT2D eigenvalue weighted by molar-refractivity contribution is 7.89. The van der Waals surface area contributed by atoms with Gasteiger partial charge < -0.3 is 9.47 Å². The Morgan fingerprint density at radius 1 is 0.970 bits per heavy atom. The van der Waals surface area contributed by atoms with Crippen LogP contribution >= 0.6 is 0 Å². The fraction of sp³-hybridized carbons (Fsp3) is 0.440. The Balaban J connectivity index is 2.03. The molecular weight excluding hydrogens is 442 g/mol. The smallest absolute Gasteiger partial charge is 0.324 e. The molecule has 3 atom stereocenters. The normalized spacial score (nSPS) is 21.0. The minimum Gasteiger partial charge on any atom is -0.466 e. The molecule has 1 aliphatic heterocycles. The standard InChI is InChI=1S/C25H31NO6S/c1-4-31-23(27)16-22-20(15-19-9-7-6-8-10-19)17-26(24(22)25(28)32-5-2)33(29,30)21-13-11-18(3)12-14-21/h6-14,20,22,24H,4-5,15-17H2,1-3H3/t20-,22+,24-/m0/s1. The number of ether oxygens (including phenoxy) is 2. The van der Waals surface area contributed by atoms with Crippen LogP contribution in [0.5, 0.6) is 0 Å². The predicted octanol–water partition coefficient (Wildman–Crippen LogP) is 3.36. The molecule has 0 amide bonds. The monoisotopic (exact) mass is 473 g/mol. The van der Waals surface area contributed by atoms with Gasteiger partial charge in [0.1, 0.15) is 6.04 Å². The molecule has 7 nitrogen and oxygen atoms in total. The fourth-order valence-electron chi connectivity index (χ4n) is 4.39. The van der Waals surface area contributed by atoms with Gasteiger partial charge in [0.25, 0.3) is 0 Å². The van der Waals surface area contributed by atoms with E-state index in [1.165, 1.54) is 16.4 Å². The van der Waals surface area contributed by atoms with E-state index in [-0.39, 0.29) is 37.0 Å². The molecule has 0 bridgehead atoms. The minimum absolute atomic E-state index is 0.0608. The van der Waals surface area contributed by atoms with Crippen LogP contribution in [0.4, 0.5) is 0 Å². The quantitative estimate of drug-likeness (QED) is 0.519. The van der Waals surface area contributed by atoms with Crippen molar-refractivity contribution in [1.82, 2.24) is 4.31 Å². The van der Waals surface area contributed by atoms with Gasteiger partial charge in [-0.15, -0.1) is 0 Å². The summed E-state index contributed by atoms with van der Waals surface area (Å²) >= 11 is 0. The Hall–Kier alpha value is -2.71. The molecule has 3 rings (SSSR count). The van der Waals surface area contributed by atoms with Crippen molar-refractivity contribution in [3.8, 4) is 0 Å². The Kier molecular flexibility index (Phi) is 8.26. The number of hydrogen-bond donors (Lipinski definition) is 0. The summed E-state index contributed by atoms with van der Waals surface area (Å²) in [6, 6.07) is 15.1. The summed E-state index contributed by atoms with van der Waals surface area (Å²) in [5, 5.41) is 0. The first-order valence-corrected chi connectivity index (χ1v) is 12.7. The van der Waals surface area contributed by atoms with Crippen LogP contribution in [-0.4, -0.2) is 50.5 Å². The molecule has 1 aliphatic rings. The number of carbonyl (C=O) groups is 2. The minimum atomic E-state index is -3.99.